The van der Waals surface area contributed by atoms with Crippen molar-refractivity contribution >= 4 is 39.5 Å². The highest BCUT2D eigenvalue weighted by Crippen LogP contribution is 2.45. The molecule has 0 bridgehead atoms. The van der Waals surface area contributed by atoms with E-state index in [0.717, 1.165) is 114 Å². The zero-order chi connectivity index (χ0) is 76.5. The Labute approximate surface area is 638 Å². The summed E-state index contributed by atoms with van der Waals surface area (Å²) in [7, 11) is -9.93. The van der Waals surface area contributed by atoms with Crippen molar-refractivity contribution in [2.24, 2.45) is 17.8 Å². The maximum atomic E-state index is 13.1. The van der Waals surface area contributed by atoms with Gasteiger partial charge >= 0.3 is 39.5 Å². The van der Waals surface area contributed by atoms with Crippen molar-refractivity contribution in [2.45, 2.75) is 465 Å². The number of aliphatic hydroxyl groups is 1. The SMILES string of the molecule is CCCCCCCCCCCCCCCCCCCCCCC(=O)O[C@H](COC(=O)CCCCCCCCCCCCCCCCC(C)CC)COP(=O)(O)OC[C@@H](O)COP(=O)(O)OC[C@@H](COC(=O)CCCCCCCCC(C)CC)OC(=O)CCCCCCCCCCCCCCCC(C)C. The first-order valence-corrected chi connectivity index (χ1v) is 46.9. The summed E-state index contributed by atoms with van der Waals surface area (Å²) in [6.07, 6.45) is 65.2. The zero-order valence-electron chi connectivity index (χ0n) is 68.5. The van der Waals surface area contributed by atoms with Gasteiger partial charge in [0.25, 0.3) is 0 Å². The second kappa shape index (κ2) is 75.1. The average Bonchev–Trinajstić information content (AvgIpc) is 0.905. The van der Waals surface area contributed by atoms with Gasteiger partial charge in [0, 0.05) is 25.7 Å². The monoisotopic (exact) mass is 1520 g/mol. The van der Waals surface area contributed by atoms with E-state index < -0.39 is 97.5 Å². The highest BCUT2D eigenvalue weighted by atomic mass is 31.2. The van der Waals surface area contributed by atoms with Crippen LogP contribution in [0.2, 0.25) is 0 Å². The average molecular weight is 1520 g/mol. The molecular weight excluding hydrogens is 1350 g/mol. The van der Waals surface area contributed by atoms with E-state index in [2.05, 4.69) is 48.5 Å². The molecule has 19 heteroatoms. The molecular formula is C85H166O17P2. The van der Waals surface area contributed by atoms with Gasteiger partial charge in [-0.25, -0.2) is 9.13 Å². The van der Waals surface area contributed by atoms with E-state index in [4.69, 9.17) is 37.0 Å². The maximum Gasteiger partial charge on any atom is 0.472 e. The van der Waals surface area contributed by atoms with Gasteiger partial charge < -0.3 is 33.8 Å². The van der Waals surface area contributed by atoms with Crippen molar-refractivity contribution < 1.29 is 80.2 Å². The summed E-state index contributed by atoms with van der Waals surface area (Å²) < 4.78 is 68.9. The molecule has 0 aliphatic carbocycles. The fraction of sp³-hybridized carbons (Fsp3) is 0.953. The summed E-state index contributed by atoms with van der Waals surface area (Å²) in [4.78, 5) is 73.2. The topological polar surface area (TPSA) is 237 Å². The van der Waals surface area contributed by atoms with Crippen molar-refractivity contribution in [3.05, 3.63) is 0 Å². The van der Waals surface area contributed by atoms with Crippen molar-refractivity contribution in [3.63, 3.8) is 0 Å². The summed E-state index contributed by atoms with van der Waals surface area (Å²) in [6.45, 7) is 12.0. The molecule has 7 atom stereocenters. The molecule has 0 aromatic carbocycles. The Morgan fingerprint density at radius 3 is 0.731 bits per heavy atom. The van der Waals surface area contributed by atoms with Gasteiger partial charge in [0.15, 0.2) is 12.2 Å². The summed E-state index contributed by atoms with van der Waals surface area (Å²) in [5.74, 6) is 0.260. The summed E-state index contributed by atoms with van der Waals surface area (Å²) in [6, 6.07) is 0. The molecule has 0 saturated carbocycles. The van der Waals surface area contributed by atoms with E-state index >= 15 is 0 Å². The lowest BCUT2D eigenvalue weighted by molar-refractivity contribution is -0.161. The van der Waals surface area contributed by atoms with E-state index in [9.17, 15) is 43.2 Å². The number of carbonyl (C=O) groups is 4. The van der Waals surface area contributed by atoms with E-state index in [0.29, 0.717) is 25.7 Å². The number of esters is 4. The second-order valence-corrected chi connectivity index (χ2v) is 34.4. The summed E-state index contributed by atoms with van der Waals surface area (Å²) in [5.41, 5.74) is 0. The molecule has 0 spiro atoms. The molecule has 0 heterocycles. The Morgan fingerprint density at radius 2 is 0.490 bits per heavy atom. The number of unbranched alkanes of at least 4 members (excludes halogenated alkanes) is 49. The lowest BCUT2D eigenvalue weighted by atomic mass is 9.99. The Morgan fingerprint density at radius 1 is 0.279 bits per heavy atom. The van der Waals surface area contributed by atoms with Crippen molar-refractivity contribution in [3.8, 4) is 0 Å². The Hall–Kier alpha value is -1.94. The van der Waals surface area contributed by atoms with Crippen LogP contribution in [0.25, 0.3) is 0 Å². The minimum Gasteiger partial charge on any atom is -0.462 e. The first-order chi connectivity index (χ1) is 50.3. The lowest BCUT2D eigenvalue weighted by Gasteiger charge is -2.21. The number of hydrogen-bond acceptors (Lipinski definition) is 15. The number of aliphatic hydroxyl groups excluding tert-OH is 1. The van der Waals surface area contributed by atoms with Crippen molar-refractivity contribution in [2.75, 3.05) is 39.6 Å². The van der Waals surface area contributed by atoms with Gasteiger partial charge in [0.1, 0.15) is 19.3 Å². The fourth-order valence-electron chi connectivity index (χ4n) is 13.1. The summed E-state index contributed by atoms with van der Waals surface area (Å²) in [5, 5.41) is 10.7. The van der Waals surface area contributed by atoms with Crippen LogP contribution in [0.1, 0.15) is 447 Å². The van der Waals surface area contributed by atoms with E-state index in [1.54, 1.807) is 0 Å². The number of hydrogen-bond donors (Lipinski definition) is 3. The van der Waals surface area contributed by atoms with Crippen LogP contribution in [-0.4, -0.2) is 96.7 Å². The highest BCUT2D eigenvalue weighted by molar-refractivity contribution is 7.47. The molecule has 0 aliphatic rings. The Bertz CT molecular complexity index is 2010. The van der Waals surface area contributed by atoms with Gasteiger partial charge in [-0.2, -0.15) is 0 Å². The molecule has 104 heavy (non-hydrogen) atoms. The normalized spacial score (nSPS) is 14.4. The molecule has 0 rings (SSSR count). The van der Waals surface area contributed by atoms with E-state index in [1.165, 1.54) is 250 Å². The molecule has 0 aromatic rings. The number of ether oxygens (including phenoxy) is 4. The summed E-state index contributed by atoms with van der Waals surface area (Å²) >= 11 is 0. The molecule has 3 N–H and O–H groups in total. The molecule has 0 aromatic heterocycles. The highest BCUT2D eigenvalue weighted by Gasteiger charge is 2.30. The third-order valence-corrected chi connectivity index (χ3v) is 22.5. The molecule has 0 fully saturated rings. The molecule has 0 amide bonds. The zero-order valence-corrected chi connectivity index (χ0v) is 70.3. The molecule has 17 nitrogen and oxygen atoms in total. The molecule has 0 saturated heterocycles. The largest absolute Gasteiger partial charge is 0.472 e. The standard InChI is InChI=1S/C85H166O17P2/c1-8-11-12-13-14-15-16-17-18-19-20-21-22-23-30-35-40-45-54-61-68-84(89)101-80(72-95-82(87)66-59-52-44-39-34-29-25-24-28-33-38-43-50-57-64-77(6)9-2)74-99-103(91,92)97-70-79(86)71-98-104(93,94)100-75-81(73-96-83(88)67-60-53-48-47-51-58-65-78(7)10-3)102-85(90)69-62-55-46-41-36-31-26-27-32-37-42-49-56-63-76(4)5/h76-81,86H,8-75H2,1-7H3,(H,91,92)(H,93,94)/t77?,78?,79-,80-,81-/m1/s1. The van der Waals surface area contributed by atoms with Gasteiger partial charge in [-0.3, -0.25) is 37.3 Å². The van der Waals surface area contributed by atoms with Crippen LogP contribution in [-0.2, 0) is 65.4 Å². The maximum absolute atomic E-state index is 13.1. The number of rotatable bonds is 83. The van der Waals surface area contributed by atoms with E-state index in [-0.39, 0.29) is 25.7 Å². The number of carbonyl (C=O) groups excluding carboxylic acids is 4. The minimum absolute atomic E-state index is 0.106. The third-order valence-electron chi connectivity index (χ3n) is 20.6. The molecule has 618 valence electrons. The van der Waals surface area contributed by atoms with Crippen molar-refractivity contribution in [1.82, 2.24) is 0 Å². The Kier molecular flexibility index (Phi) is 73.7. The van der Waals surface area contributed by atoms with E-state index in [1.807, 2.05) is 0 Å². The first kappa shape index (κ1) is 102. The minimum atomic E-state index is -4.97. The second-order valence-electron chi connectivity index (χ2n) is 31.5. The van der Waals surface area contributed by atoms with Crippen LogP contribution in [0.3, 0.4) is 0 Å². The van der Waals surface area contributed by atoms with Crippen LogP contribution in [0.4, 0.5) is 0 Å². The van der Waals surface area contributed by atoms with Crippen LogP contribution in [0.5, 0.6) is 0 Å². The smallest absolute Gasteiger partial charge is 0.462 e. The predicted octanol–water partition coefficient (Wildman–Crippen LogP) is 25.7. The number of phosphoric acid groups is 2. The van der Waals surface area contributed by atoms with Crippen LogP contribution in [0, 0.1) is 17.8 Å². The lowest BCUT2D eigenvalue weighted by Crippen LogP contribution is -2.30. The van der Waals surface area contributed by atoms with Gasteiger partial charge in [0.05, 0.1) is 26.4 Å². The van der Waals surface area contributed by atoms with Crippen molar-refractivity contribution in [1.29, 1.82) is 0 Å². The van der Waals surface area contributed by atoms with Crippen LogP contribution >= 0.6 is 15.6 Å². The van der Waals surface area contributed by atoms with Gasteiger partial charge in [-0.15, -0.1) is 0 Å². The molecule has 0 aliphatic heterocycles. The third kappa shape index (κ3) is 75.5. The quantitative estimate of drug-likeness (QED) is 0.0222. The molecule has 0 radical (unpaired) electrons. The molecule has 4 unspecified atom stereocenters. The van der Waals surface area contributed by atoms with Crippen LogP contribution in [0.15, 0.2) is 0 Å². The first-order valence-electron chi connectivity index (χ1n) is 43.9. The predicted molar refractivity (Wildman–Crippen MR) is 428 cm³/mol. The van der Waals surface area contributed by atoms with Gasteiger partial charge in [0.2, 0.25) is 0 Å². The van der Waals surface area contributed by atoms with Gasteiger partial charge in [-0.1, -0.05) is 395 Å². The Balaban J connectivity index is 5.24. The number of phosphoric ester groups is 2. The fourth-order valence-corrected chi connectivity index (χ4v) is 14.7. The van der Waals surface area contributed by atoms with Crippen LogP contribution < -0.4 is 0 Å². The van der Waals surface area contributed by atoms with Gasteiger partial charge in [-0.05, 0) is 43.4 Å².